The van der Waals surface area contributed by atoms with Gasteiger partial charge in [0.2, 0.25) is 5.91 Å². The first-order valence-corrected chi connectivity index (χ1v) is 8.54. The lowest BCUT2D eigenvalue weighted by molar-refractivity contribution is -0.129. The predicted molar refractivity (Wildman–Crippen MR) is 88.7 cm³/mol. The van der Waals surface area contributed by atoms with E-state index in [-0.39, 0.29) is 24.0 Å². The summed E-state index contributed by atoms with van der Waals surface area (Å²) in [4.78, 5) is 16.9. The van der Waals surface area contributed by atoms with Crippen LogP contribution in [0, 0.1) is 11.8 Å². The van der Waals surface area contributed by atoms with Crippen molar-refractivity contribution in [3.05, 3.63) is 42.1 Å². The molecule has 120 valence electrons. The van der Waals surface area contributed by atoms with E-state index in [9.17, 15) is 9.90 Å². The van der Waals surface area contributed by atoms with Gasteiger partial charge in [-0.3, -0.25) is 9.78 Å². The van der Waals surface area contributed by atoms with Gasteiger partial charge in [-0.2, -0.15) is 0 Å². The summed E-state index contributed by atoms with van der Waals surface area (Å²) >= 11 is 0. The van der Waals surface area contributed by atoms with Crippen molar-refractivity contribution >= 4 is 16.8 Å². The maximum Gasteiger partial charge on any atom is 0.223 e. The number of hydrogen-bond acceptors (Lipinski definition) is 3. The van der Waals surface area contributed by atoms with Crippen molar-refractivity contribution < 1.29 is 9.90 Å². The van der Waals surface area contributed by atoms with Crippen LogP contribution in [-0.2, 0) is 4.79 Å². The zero-order valence-electron chi connectivity index (χ0n) is 13.1. The van der Waals surface area contributed by atoms with E-state index in [1.54, 1.807) is 0 Å². The van der Waals surface area contributed by atoms with E-state index in [0.29, 0.717) is 5.92 Å². The van der Waals surface area contributed by atoms with Gasteiger partial charge in [0.15, 0.2) is 0 Å². The molecule has 1 heterocycles. The summed E-state index contributed by atoms with van der Waals surface area (Å²) < 4.78 is 0. The highest BCUT2D eigenvalue weighted by Crippen LogP contribution is 2.39. The van der Waals surface area contributed by atoms with Gasteiger partial charge in [0, 0.05) is 17.5 Å². The van der Waals surface area contributed by atoms with Gasteiger partial charge < -0.3 is 10.4 Å². The molecule has 2 fully saturated rings. The molecule has 23 heavy (non-hydrogen) atoms. The second-order valence-electron chi connectivity index (χ2n) is 6.96. The SMILES string of the molecule is O=C(NC(c1cnc2ccccc2c1)C1CC(O)C1)C1CCC1. The Kier molecular flexibility index (Phi) is 3.77. The fraction of sp³-hybridized carbons (Fsp3) is 0.474. The Morgan fingerprint density at radius 3 is 2.74 bits per heavy atom. The predicted octanol–water partition coefficient (Wildman–Crippen LogP) is 2.96. The molecule has 4 heteroatoms. The van der Waals surface area contributed by atoms with Gasteiger partial charge in [-0.1, -0.05) is 24.6 Å². The summed E-state index contributed by atoms with van der Waals surface area (Å²) in [5.74, 6) is 0.642. The second-order valence-corrected chi connectivity index (χ2v) is 6.96. The van der Waals surface area contributed by atoms with Gasteiger partial charge in [-0.15, -0.1) is 0 Å². The van der Waals surface area contributed by atoms with Crippen molar-refractivity contribution in [1.82, 2.24) is 10.3 Å². The van der Waals surface area contributed by atoms with Crippen LogP contribution in [-0.4, -0.2) is 22.1 Å². The van der Waals surface area contributed by atoms with Crippen LogP contribution in [0.25, 0.3) is 10.9 Å². The minimum absolute atomic E-state index is 0.0383. The summed E-state index contributed by atoms with van der Waals surface area (Å²) in [5.41, 5.74) is 2.02. The number of rotatable bonds is 4. The molecule has 1 unspecified atom stereocenters. The molecule has 0 radical (unpaired) electrons. The van der Waals surface area contributed by atoms with Crippen LogP contribution in [0.5, 0.6) is 0 Å². The minimum atomic E-state index is -0.225. The monoisotopic (exact) mass is 310 g/mol. The molecule has 0 saturated heterocycles. The Balaban J connectivity index is 1.61. The van der Waals surface area contributed by atoms with E-state index in [1.807, 2.05) is 30.5 Å². The highest BCUT2D eigenvalue weighted by molar-refractivity contribution is 5.81. The van der Waals surface area contributed by atoms with E-state index in [1.165, 1.54) is 0 Å². The summed E-state index contributed by atoms with van der Waals surface area (Å²) in [6.45, 7) is 0. The van der Waals surface area contributed by atoms with Crippen LogP contribution in [0.15, 0.2) is 36.5 Å². The Hall–Kier alpha value is -1.94. The fourth-order valence-electron chi connectivity index (χ4n) is 3.58. The van der Waals surface area contributed by atoms with Crippen molar-refractivity contribution in [2.45, 2.75) is 44.2 Å². The normalized spacial score (nSPS) is 25.4. The number of amides is 1. The van der Waals surface area contributed by atoms with E-state index in [4.69, 9.17) is 0 Å². The van der Waals surface area contributed by atoms with Gasteiger partial charge >= 0.3 is 0 Å². The van der Waals surface area contributed by atoms with Gasteiger partial charge in [-0.25, -0.2) is 0 Å². The van der Waals surface area contributed by atoms with Crippen molar-refractivity contribution in [1.29, 1.82) is 0 Å². The summed E-state index contributed by atoms with van der Waals surface area (Å²) in [6.07, 6.45) is 6.31. The van der Waals surface area contributed by atoms with Crippen LogP contribution in [0.2, 0.25) is 0 Å². The van der Waals surface area contributed by atoms with E-state index in [0.717, 1.165) is 48.6 Å². The van der Waals surface area contributed by atoms with E-state index >= 15 is 0 Å². The molecule has 1 atom stereocenters. The third-order valence-corrected chi connectivity index (χ3v) is 5.37. The molecule has 2 saturated carbocycles. The largest absolute Gasteiger partial charge is 0.393 e. The third kappa shape index (κ3) is 2.83. The number of aliphatic hydroxyl groups excluding tert-OH is 1. The number of nitrogens with zero attached hydrogens (tertiary/aromatic N) is 1. The average Bonchev–Trinajstić information content (AvgIpc) is 2.47. The standard InChI is InChI=1S/C19H22N2O2/c22-16-9-14(10-16)18(21-19(23)12-5-3-6-12)15-8-13-4-1-2-7-17(13)20-11-15/h1-2,4,7-8,11-12,14,16,18,22H,3,5-6,9-10H2,(H,21,23). The highest BCUT2D eigenvalue weighted by atomic mass is 16.3. The average molecular weight is 310 g/mol. The number of fused-ring (bicyclic) bond motifs is 1. The van der Waals surface area contributed by atoms with Crippen molar-refractivity contribution in [3.8, 4) is 0 Å². The molecule has 2 aliphatic carbocycles. The Labute approximate surface area is 135 Å². The molecule has 2 aromatic rings. The summed E-state index contributed by atoms with van der Waals surface area (Å²) in [5, 5.41) is 14.0. The smallest absolute Gasteiger partial charge is 0.223 e. The summed E-state index contributed by atoms with van der Waals surface area (Å²) in [6, 6.07) is 10.1. The molecular formula is C19H22N2O2. The zero-order chi connectivity index (χ0) is 15.8. The number of nitrogens with one attached hydrogen (secondary N) is 1. The lowest BCUT2D eigenvalue weighted by Crippen LogP contribution is -2.44. The Bertz CT molecular complexity index is 720. The first-order valence-electron chi connectivity index (χ1n) is 8.54. The molecule has 0 spiro atoms. The van der Waals surface area contributed by atoms with Crippen molar-refractivity contribution in [2.24, 2.45) is 11.8 Å². The number of carbonyl (C=O) groups excluding carboxylic acids is 1. The van der Waals surface area contributed by atoms with Crippen molar-refractivity contribution in [2.75, 3.05) is 0 Å². The molecule has 2 N–H and O–H groups in total. The summed E-state index contributed by atoms with van der Waals surface area (Å²) in [7, 11) is 0. The highest BCUT2D eigenvalue weighted by Gasteiger charge is 2.37. The number of hydrogen-bond donors (Lipinski definition) is 2. The fourth-order valence-corrected chi connectivity index (χ4v) is 3.58. The molecule has 4 nitrogen and oxygen atoms in total. The lowest BCUT2D eigenvalue weighted by Gasteiger charge is -2.39. The topological polar surface area (TPSA) is 62.2 Å². The molecule has 4 rings (SSSR count). The van der Waals surface area contributed by atoms with Gasteiger partial charge in [0.1, 0.15) is 0 Å². The zero-order valence-corrected chi connectivity index (χ0v) is 13.1. The lowest BCUT2D eigenvalue weighted by atomic mass is 9.74. The minimum Gasteiger partial charge on any atom is -0.393 e. The number of benzene rings is 1. The van der Waals surface area contributed by atoms with Crippen LogP contribution < -0.4 is 5.32 Å². The van der Waals surface area contributed by atoms with Crippen molar-refractivity contribution in [3.63, 3.8) is 0 Å². The van der Waals surface area contributed by atoms with Gasteiger partial charge in [0.05, 0.1) is 17.7 Å². The number of carbonyl (C=O) groups is 1. The second kappa shape index (κ2) is 5.93. The molecule has 1 amide bonds. The number of aliphatic hydroxyl groups is 1. The van der Waals surface area contributed by atoms with Crippen LogP contribution in [0.1, 0.15) is 43.7 Å². The molecule has 2 aliphatic rings. The molecular weight excluding hydrogens is 288 g/mol. The van der Waals surface area contributed by atoms with E-state index in [2.05, 4.69) is 16.4 Å². The Morgan fingerprint density at radius 2 is 2.04 bits per heavy atom. The molecule has 1 aromatic carbocycles. The van der Waals surface area contributed by atoms with Gasteiger partial charge in [0.25, 0.3) is 0 Å². The quantitative estimate of drug-likeness (QED) is 0.912. The molecule has 0 bridgehead atoms. The van der Waals surface area contributed by atoms with E-state index < -0.39 is 0 Å². The maximum atomic E-state index is 12.4. The molecule has 1 aromatic heterocycles. The van der Waals surface area contributed by atoms with Crippen LogP contribution in [0.3, 0.4) is 0 Å². The molecule has 0 aliphatic heterocycles. The number of aromatic nitrogens is 1. The number of para-hydroxylation sites is 1. The first-order chi connectivity index (χ1) is 11.2. The first kappa shape index (κ1) is 14.6. The van der Waals surface area contributed by atoms with Crippen LogP contribution in [0.4, 0.5) is 0 Å². The third-order valence-electron chi connectivity index (χ3n) is 5.37. The Morgan fingerprint density at radius 1 is 1.26 bits per heavy atom. The number of pyridine rings is 1. The maximum absolute atomic E-state index is 12.4. The van der Waals surface area contributed by atoms with Gasteiger partial charge in [-0.05, 0) is 49.3 Å². The van der Waals surface area contributed by atoms with Crippen LogP contribution >= 0.6 is 0 Å².